The van der Waals surface area contributed by atoms with Crippen molar-refractivity contribution in [2.24, 2.45) is 0 Å². The van der Waals surface area contributed by atoms with Gasteiger partial charge in [0.2, 0.25) is 5.16 Å². The van der Waals surface area contributed by atoms with Gasteiger partial charge in [-0.2, -0.15) is 5.23 Å². The number of benzene rings is 1. The largest absolute Gasteiger partial charge is 0.595 e. The van der Waals surface area contributed by atoms with E-state index in [2.05, 4.69) is 20.6 Å². The third kappa shape index (κ3) is 2.55. The smallest absolute Gasteiger partial charge is 0.212 e. The molecule has 0 amide bonds. The van der Waals surface area contributed by atoms with Gasteiger partial charge in [-0.25, -0.2) is 9.88 Å². The lowest BCUT2D eigenvalue weighted by Gasteiger charge is -2.14. The monoisotopic (exact) mass is 328 g/mol. The van der Waals surface area contributed by atoms with Crippen LogP contribution in [0.4, 0.5) is 5.69 Å². The molecule has 9 heteroatoms. The van der Waals surface area contributed by atoms with E-state index in [1.807, 2.05) is 16.8 Å². The molecular weight excluding hydrogens is 316 g/mol. The average Bonchev–Trinajstić information content (AvgIpc) is 3.16. The van der Waals surface area contributed by atoms with Gasteiger partial charge in [-0.1, -0.05) is 11.8 Å². The lowest BCUT2D eigenvalue weighted by molar-refractivity contribution is -0.991. The molecule has 0 bridgehead atoms. The van der Waals surface area contributed by atoms with Crippen LogP contribution in [0.2, 0.25) is 0 Å². The summed E-state index contributed by atoms with van der Waals surface area (Å²) in [6.07, 6.45) is 3.44. The molecule has 0 saturated heterocycles. The minimum Gasteiger partial charge on any atom is -0.595 e. The molecule has 1 aliphatic heterocycles. The Bertz CT molecular complexity index is 821. The van der Waals surface area contributed by atoms with Gasteiger partial charge in [0.15, 0.2) is 11.5 Å². The van der Waals surface area contributed by atoms with Gasteiger partial charge >= 0.3 is 0 Å². The molecule has 0 radical (unpaired) electrons. The molecule has 2 atom stereocenters. The van der Waals surface area contributed by atoms with Crippen LogP contribution in [0.1, 0.15) is 10.9 Å². The second-order valence-corrected chi connectivity index (χ2v) is 6.01. The molecule has 1 aliphatic rings. The van der Waals surface area contributed by atoms with Gasteiger partial charge in [0, 0.05) is 30.1 Å². The summed E-state index contributed by atoms with van der Waals surface area (Å²) in [5.74, 6) is 0.699. The van der Waals surface area contributed by atoms with Crippen LogP contribution in [0.5, 0.6) is 0 Å². The molecule has 8 nitrogen and oxygen atoms in total. The summed E-state index contributed by atoms with van der Waals surface area (Å²) in [6.45, 7) is 0. The van der Waals surface area contributed by atoms with Gasteiger partial charge in [-0.3, -0.25) is 4.98 Å². The Morgan fingerprint density at radius 1 is 1.22 bits per heavy atom. The van der Waals surface area contributed by atoms with Gasteiger partial charge in [0.25, 0.3) is 0 Å². The zero-order valence-electron chi connectivity index (χ0n) is 11.7. The number of aromatic nitrogens is 4. The standard InChI is InChI=1S/C14H12N6O2S/c21-20(22)11-5-3-9(4-6-11)13-18-19-12(16-17-14(19)23-13)10-2-1-7-15-8-10/h1-8,13,18,20-21H. The third-order valence-electron chi connectivity index (χ3n) is 3.48. The number of fused-ring (bicyclic) bond motifs is 1. The minimum absolute atomic E-state index is 0.0428. The highest BCUT2D eigenvalue weighted by atomic mass is 32.2. The summed E-state index contributed by atoms with van der Waals surface area (Å²) in [6, 6.07) is 10.6. The van der Waals surface area contributed by atoms with E-state index >= 15 is 0 Å². The Balaban J connectivity index is 1.60. The number of nitrogens with zero attached hydrogens (tertiary/aromatic N) is 4. The highest BCUT2D eigenvalue weighted by molar-refractivity contribution is 7.99. The van der Waals surface area contributed by atoms with Crippen molar-refractivity contribution in [2.75, 3.05) is 5.43 Å². The lowest BCUT2D eigenvalue weighted by atomic mass is 10.2. The molecule has 4 rings (SSSR count). The fourth-order valence-electron chi connectivity index (χ4n) is 2.34. The summed E-state index contributed by atoms with van der Waals surface area (Å²) in [5, 5.41) is 28.0. The van der Waals surface area contributed by atoms with E-state index in [0.29, 0.717) is 5.82 Å². The van der Waals surface area contributed by atoms with Crippen molar-refractivity contribution in [3.63, 3.8) is 0 Å². The van der Waals surface area contributed by atoms with E-state index in [0.717, 1.165) is 16.3 Å². The van der Waals surface area contributed by atoms with Crippen LogP contribution in [-0.2, 0) is 0 Å². The Hall–Kier alpha value is -2.46. The van der Waals surface area contributed by atoms with Crippen molar-refractivity contribution in [1.29, 1.82) is 0 Å². The molecule has 0 spiro atoms. The topological polar surface area (TPSA) is 103 Å². The minimum atomic E-state index is -0.931. The number of thioether (sulfide) groups is 1. The lowest BCUT2D eigenvalue weighted by Crippen LogP contribution is -2.99. The predicted molar refractivity (Wildman–Crippen MR) is 83.4 cm³/mol. The quantitative estimate of drug-likeness (QED) is 0.618. The van der Waals surface area contributed by atoms with Crippen molar-refractivity contribution in [3.8, 4) is 11.4 Å². The first kappa shape index (κ1) is 14.2. The van der Waals surface area contributed by atoms with E-state index < -0.39 is 5.23 Å². The summed E-state index contributed by atoms with van der Waals surface area (Å²) in [5.41, 5.74) is 5.45. The molecule has 1 aromatic carbocycles. The third-order valence-corrected chi connectivity index (χ3v) is 4.57. The van der Waals surface area contributed by atoms with Crippen LogP contribution >= 0.6 is 11.8 Å². The second kappa shape index (κ2) is 5.63. The maximum absolute atomic E-state index is 10.9. The van der Waals surface area contributed by atoms with Crippen molar-refractivity contribution >= 4 is 17.4 Å². The van der Waals surface area contributed by atoms with E-state index in [9.17, 15) is 5.21 Å². The van der Waals surface area contributed by atoms with Gasteiger partial charge in [0.1, 0.15) is 5.37 Å². The molecule has 0 aliphatic carbocycles. The Labute approximate surface area is 135 Å². The van der Waals surface area contributed by atoms with Crippen LogP contribution in [0.3, 0.4) is 0 Å². The van der Waals surface area contributed by atoms with E-state index in [-0.39, 0.29) is 11.1 Å². The van der Waals surface area contributed by atoms with Crippen LogP contribution in [0.15, 0.2) is 53.9 Å². The first-order valence-corrected chi connectivity index (χ1v) is 7.72. The number of nitrogens with one attached hydrogen (secondary N) is 2. The van der Waals surface area contributed by atoms with Gasteiger partial charge in [-0.15, -0.1) is 10.2 Å². The van der Waals surface area contributed by atoms with Gasteiger partial charge < -0.3 is 10.6 Å². The first-order valence-electron chi connectivity index (χ1n) is 6.84. The van der Waals surface area contributed by atoms with Crippen molar-refractivity contribution in [1.82, 2.24) is 19.9 Å². The second-order valence-electron chi connectivity index (χ2n) is 4.94. The molecule has 0 fully saturated rings. The van der Waals surface area contributed by atoms with Crippen LogP contribution in [-0.4, -0.2) is 25.1 Å². The number of rotatable bonds is 3. The molecule has 23 heavy (non-hydrogen) atoms. The van der Waals surface area contributed by atoms with Gasteiger partial charge in [0.05, 0.1) is 0 Å². The molecular formula is C14H12N6O2S. The highest BCUT2D eigenvalue weighted by Gasteiger charge is 2.28. The highest BCUT2D eigenvalue weighted by Crippen LogP contribution is 2.40. The number of pyridine rings is 1. The fraction of sp³-hybridized carbons (Fsp3) is 0.0714. The first-order chi connectivity index (χ1) is 11.2. The Morgan fingerprint density at radius 2 is 2.04 bits per heavy atom. The van der Waals surface area contributed by atoms with Crippen LogP contribution in [0.25, 0.3) is 11.4 Å². The summed E-state index contributed by atoms with van der Waals surface area (Å²) < 4.78 is 1.83. The maximum atomic E-state index is 10.9. The molecule has 2 unspecified atom stereocenters. The van der Waals surface area contributed by atoms with Crippen molar-refractivity contribution in [2.45, 2.75) is 10.5 Å². The van der Waals surface area contributed by atoms with E-state index in [4.69, 9.17) is 5.21 Å². The predicted octanol–water partition coefficient (Wildman–Crippen LogP) is 1.09. The van der Waals surface area contributed by atoms with Crippen LogP contribution in [0, 0.1) is 5.21 Å². The van der Waals surface area contributed by atoms with E-state index in [1.54, 1.807) is 36.7 Å². The maximum Gasteiger partial charge on any atom is 0.212 e. The fourth-order valence-corrected chi connectivity index (χ4v) is 3.33. The normalized spacial score (nSPS) is 17.6. The van der Waals surface area contributed by atoms with Gasteiger partial charge in [-0.05, 0) is 29.8 Å². The molecule has 3 aromatic rings. The number of hydrogen-bond acceptors (Lipinski definition) is 7. The number of quaternary nitrogens is 1. The zero-order chi connectivity index (χ0) is 15.8. The Morgan fingerprint density at radius 3 is 2.74 bits per heavy atom. The number of hydrogen-bond donors (Lipinski definition) is 3. The molecule has 0 saturated carbocycles. The summed E-state index contributed by atoms with van der Waals surface area (Å²) in [7, 11) is 0. The summed E-state index contributed by atoms with van der Waals surface area (Å²) >= 11 is 1.53. The molecule has 3 N–H and O–H groups in total. The van der Waals surface area contributed by atoms with Crippen LogP contribution < -0.4 is 10.7 Å². The van der Waals surface area contributed by atoms with E-state index in [1.165, 1.54) is 11.8 Å². The zero-order valence-corrected chi connectivity index (χ0v) is 12.6. The SMILES string of the molecule is [O-][NH+](O)c1ccc(C2Nn3c(nnc3-c3cccnc3)S2)cc1. The average molecular weight is 328 g/mol. The summed E-state index contributed by atoms with van der Waals surface area (Å²) in [4.78, 5) is 4.10. The van der Waals surface area contributed by atoms with Crippen molar-refractivity contribution < 1.29 is 10.4 Å². The molecule has 3 heterocycles. The Kier molecular flexibility index (Phi) is 3.46. The molecule has 116 valence electrons. The van der Waals surface area contributed by atoms with Crippen molar-refractivity contribution in [3.05, 3.63) is 59.6 Å². The molecule has 2 aromatic heterocycles.